The second kappa shape index (κ2) is 12.5. The van der Waals surface area contributed by atoms with Gasteiger partial charge in [0.1, 0.15) is 6.61 Å². The molecule has 0 N–H and O–H groups in total. The predicted molar refractivity (Wildman–Crippen MR) is 91.0 cm³/mol. The molecule has 136 valence electrons. The van der Waals surface area contributed by atoms with Gasteiger partial charge in [0.25, 0.3) is 5.97 Å². The van der Waals surface area contributed by atoms with Gasteiger partial charge in [-0.05, 0) is 13.3 Å². The quantitative estimate of drug-likeness (QED) is 0.208. The number of methoxy groups -OCH3 is 3. The van der Waals surface area contributed by atoms with Crippen molar-refractivity contribution in [2.24, 2.45) is 5.92 Å². The van der Waals surface area contributed by atoms with Crippen LogP contribution in [0.2, 0.25) is 0 Å². The first kappa shape index (κ1) is 22.1. The van der Waals surface area contributed by atoms with E-state index in [4.69, 9.17) is 18.9 Å². The highest BCUT2D eigenvalue weighted by Crippen LogP contribution is 2.29. The molecule has 0 heterocycles. The van der Waals surface area contributed by atoms with Gasteiger partial charge < -0.3 is 18.9 Å². The van der Waals surface area contributed by atoms with Crippen LogP contribution in [0.15, 0.2) is 12.2 Å². The zero-order valence-corrected chi connectivity index (χ0v) is 15.5. The van der Waals surface area contributed by atoms with E-state index in [9.17, 15) is 4.79 Å². The van der Waals surface area contributed by atoms with Crippen LogP contribution < -0.4 is 0 Å². The standard InChI is InChI=1S/C18H34O5/c1-7-8-9-10-11-12-13-16(14-23-17(19)15(2)3)18(20-4,21-5)22-6/h16H,2,7-14H2,1,3-6H3. The van der Waals surface area contributed by atoms with E-state index in [1.165, 1.54) is 47.0 Å². The summed E-state index contributed by atoms with van der Waals surface area (Å²) in [4.78, 5) is 11.6. The van der Waals surface area contributed by atoms with Crippen molar-refractivity contribution in [1.82, 2.24) is 0 Å². The molecule has 0 saturated carbocycles. The Kier molecular flexibility index (Phi) is 12.0. The van der Waals surface area contributed by atoms with Gasteiger partial charge in [0.2, 0.25) is 0 Å². The molecule has 0 rings (SSSR count). The molecule has 0 radical (unpaired) electrons. The summed E-state index contributed by atoms with van der Waals surface area (Å²) >= 11 is 0. The van der Waals surface area contributed by atoms with Crippen molar-refractivity contribution >= 4 is 5.97 Å². The zero-order chi connectivity index (χ0) is 17.7. The van der Waals surface area contributed by atoms with Gasteiger partial charge in [-0.15, -0.1) is 0 Å². The van der Waals surface area contributed by atoms with Crippen molar-refractivity contribution in [3.8, 4) is 0 Å². The second-order valence-corrected chi connectivity index (χ2v) is 5.85. The van der Waals surface area contributed by atoms with Gasteiger partial charge in [0.15, 0.2) is 0 Å². The van der Waals surface area contributed by atoms with Gasteiger partial charge in [0, 0.05) is 26.9 Å². The average molecular weight is 330 g/mol. The third-order valence-corrected chi connectivity index (χ3v) is 4.02. The van der Waals surface area contributed by atoms with Crippen LogP contribution >= 0.6 is 0 Å². The highest BCUT2D eigenvalue weighted by atomic mass is 16.9. The van der Waals surface area contributed by atoms with Crippen LogP contribution in [0.5, 0.6) is 0 Å². The minimum Gasteiger partial charge on any atom is -0.462 e. The number of esters is 1. The number of carbonyl (C=O) groups is 1. The first-order chi connectivity index (χ1) is 11.0. The molecule has 0 aliphatic carbocycles. The van der Waals surface area contributed by atoms with E-state index in [1.807, 2.05) is 0 Å². The second-order valence-electron chi connectivity index (χ2n) is 5.85. The summed E-state index contributed by atoms with van der Waals surface area (Å²) in [5, 5.41) is 0. The predicted octanol–water partition coefficient (Wildman–Crippen LogP) is 4.07. The lowest BCUT2D eigenvalue weighted by Gasteiger charge is -2.36. The Bertz CT molecular complexity index is 328. The van der Waals surface area contributed by atoms with Crippen molar-refractivity contribution in [1.29, 1.82) is 0 Å². The molecule has 0 amide bonds. The maximum absolute atomic E-state index is 11.6. The number of carbonyl (C=O) groups excluding carboxylic acids is 1. The van der Waals surface area contributed by atoms with Crippen LogP contribution in [0.25, 0.3) is 0 Å². The van der Waals surface area contributed by atoms with E-state index in [-0.39, 0.29) is 12.5 Å². The summed E-state index contributed by atoms with van der Waals surface area (Å²) in [6.45, 7) is 7.60. The van der Waals surface area contributed by atoms with Gasteiger partial charge >= 0.3 is 5.97 Å². The van der Waals surface area contributed by atoms with E-state index in [0.717, 1.165) is 19.3 Å². The molecule has 0 bridgehead atoms. The molecule has 0 saturated heterocycles. The van der Waals surface area contributed by atoms with Crippen molar-refractivity contribution in [3.63, 3.8) is 0 Å². The molecular formula is C18H34O5. The van der Waals surface area contributed by atoms with E-state index in [0.29, 0.717) is 5.57 Å². The number of hydrogen-bond acceptors (Lipinski definition) is 5. The SMILES string of the molecule is C=C(C)C(=O)OCC(CCCCCCCC)C(OC)(OC)OC. The van der Waals surface area contributed by atoms with Gasteiger partial charge in [-0.2, -0.15) is 0 Å². The Hall–Kier alpha value is -0.910. The Morgan fingerprint density at radius 2 is 1.52 bits per heavy atom. The first-order valence-corrected chi connectivity index (χ1v) is 8.45. The van der Waals surface area contributed by atoms with Crippen LogP contribution in [0.3, 0.4) is 0 Å². The van der Waals surface area contributed by atoms with Crippen molar-refractivity contribution in [3.05, 3.63) is 12.2 Å². The summed E-state index contributed by atoms with van der Waals surface area (Å²) < 4.78 is 21.6. The van der Waals surface area contributed by atoms with Gasteiger partial charge in [0.05, 0.1) is 5.92 Å². The lowest BCUT2D eigenvalue weighted by molar-refractivity contribution is -0.382. The van der Waals surface area contributed by atoms with Crippen LogP contribution in [0.4, 0.5) is 0 Å². The molecule has 0 fully saturated rings. The molecule has 5 nitrogen and oxygen atoms in total. The van der Waals surface area contributed by atoms with E-state index in [2.05, 4.69) is 13.5 Å². The minimum absolute atomic E-state index is 0.177. The largest absolute Gasteiger partial charge is 0.462 e. The Morgan fingerprint density at radius 3 is 2.00 bits per heavy atom. The smallest absolute Gasteiger partial charge is 0.333 e. The number of ether oxygens (including phenoxy) is 4. The summed E-state index contributed by atoms with van der Waals surface area (Å²) in [5.74, 6) is -1.80. The highest BCUT2D eigenvalue weighted by molar-refractivity contribution is 5.86. The maximum Gasteiger partial charge on any atom is 0.333 e. The molecule has 0 aliphatic rings. The first-order valence-electron chi connectivity index (χ1n) is 8.45. The minimum atomic E-state index is -1.20. The molecule has 0 spiro atoms. The number of rotatable bonds is 14. The monoisotopic (exact) mass is 330 g/mol. The molecule has 5 heteroatoms. The highest BCUT2D eigenvalue weighted by Gasteiger charge is 2.40. The molecular weight excluding hydrogens is 296 g/mol. The third-order valence-electron chi connectivity index (χ3n) is 4.02. The summed E-state index contributed by atoms with van der Waals surface area (Å²) in [6, 6.07) is 0. The van der Waals surface area contributed by atoms with Gasteiger partial charge in [-0.25, -0.2) is 4.79 Å². The molecule has 23 heavy (non-hydrogen) atoms. The van der Waals surface area contributed by atoms with Crippen molar-refractivity contribution in [2.75, 3.05) is 27.9 Å². The molecule has 0 aliphatic heterocycles. The van der Waals surface area contributed by atoms with E-state index >= 15 is 0 Å². The van der Waals surface area contributed by atoms with Crippen molar-refractivity contribution in [2.45, 2.75) is 64.8 Å². The lowest BCUT2D eigenvalue weighted by Crippen LogP contribution is -2.46. The van der Waals surface area contributed by atoms with Crippen molar-refractivity contribution < 1.29 is 23.7 Å². The number of hydrogen-bond donors (Lipinski definition) is 0. The van der Waals surface area contributed by atoms with Gasteiger partial charge in [-0.1, -0.05) is 52.0 Å². The van der Waals surface area contributed by atoms with Crippen LogP contribution in [0.1, 0.15) is 58.8 Å². The number of unbranched alkanes of at least 4 members (excludes halogenated alkanes) is 5. The van der Waals surface area contributed by atoms with E-state index in [1.54, 1.807) is 6.92 Å². The van der Waals surface area contributed by atoms with Crippen LogP contribution in [-0.2, 0) is 23.7 Å². The van der Waals surface area contributed by atoms with Gasteiger partial charge in [-0.3, -0.25) is 0 Å². The van der Waals surface area contributed by atoms with Crippen LogP contribution in [-0.4, -0.2) is 39.9 Å². The fourth-order valence-electron chi connectivity index (χ4n) is 2.58. The fraction of sp³-hybridized carbons (Fsp3) is 0.833. The topological polar surface area (TPSA) is 54.0 Å². The normalized spacial score (nSPS) is 12.9. The Labute approximate surface area is 141 Å². The third kappa shape index (κ3) is 7.95. The Morgan fingerprint density at radius 1 is 1.00 bits per heavy atom. The molecule has 1 unspecified atom stereocenters. The van der Waals surface area contributed by atoms with E-state index < -0.39 is 11.9 Å². The molecule has 0 aromatic heterocycles. The van der Waals surface area contributed by atoms with Crippen LogP contribution in [0, 0.1) is 5.92 Å². The molecule has 1 atom stereocenters. The maximum atomic E-state index is 11.6. The fourth-order valence-corrected chi connectivity index (χ4v) is 2.58. The Balaban J connectivity index is 4.60. The zero-order valence-electron chi connectivity index (χ0n) is 15.5. The average Bonchev–Trinajstić information content (AvgIpc) is 2.56. The summed E-state index contributed by atoms with van der Waals surface area (Å²) in [7, 11) is 4.59. The lowest BCUT2D eigenvalue weighted by atomic mass is 9.98. The summed E-state index contributed by atoms with van der Waals surface area (Å²) in [6.07, 6.45) is 7.93. The molecule has 0 aromatic rings. The summed E-state index contributed by atoms with van der Waals surface area (Å²) in [5.41, 5.74) is 0.376. The molecule has 0 aromatic carbocycles.